The molecule has 6 aromatic rings. The van der Waals surface area contributed by atoms with E-state index in [0.717, 1.165) is 101 Å². The largest absolute Gasteiger partial charge is 0.481 e. The summed E-state index contributed by atoms with van der Waals surface area (Å²) in [6, 6.07) is 21.0. The average molecular weight is 1380 g/mol. The fourth-order valence-electron chi connectivity index (χ4n) is 12.0. The molecule has 9 unspecified atom stereocenters. The number of carbonyl (C=O) groups is 13. The van der Waals surface area contributed by atoms with Crippen LogP contribution in [0.5, 0.6) is 69.0 Å². The Bertz CT molecular complexity index is 4340. The molecule has 0 radical (unpaired) electrons. The summed E-state index contributed by atoms with van der Waals surface area (Å²) in [5, 5.41) is 0. The first-order valence-electron chi connectivity index (χ1n) is 30.5. The first kappa shape index (κ1) is 72.1. The monoisotopic (exact) mass is 1380 g/mol. The van der Waals surface area contributed by atoms with Gasteiger partial charge in [-0.1, -0.05) is 36.4 Å². The van der Waals surface area contributed by atoms with Crippen LogP contribution in [0.15, 0.2) is 97.1 Å². The topological polar surface area (TPSA) is 370 Å². The van der Waals surface area contributed by atoms with Gasteiger partial charge in [-0.15, -0.1) is 0 Å². The van der Waals surface area contributed by atoms with Crippen molar-refractivity contribution < 1.29 is 138 Å². The Hall–Kier alpha value is -12.2. The number of esters is 13. The van der Waals surface area contributed by atoms with Gasteiger partial charge in [-0.05, 0) is 53.1 Å². The van der Waals surface area contributed by atoms with Gasteiger partial charge in [-0.2, -0.15) is 0 Å². The van der Waals surface area contributed by atoms with Gasteiger partial charge >= 0.3 is 77.6 Å². The third-order valence-corrected chi connectivity index (χ3v) is 14.9. The van der Waals surface area contributed by atoms with Crippen LogP contribution in [0.1, 0.15) is 171 Å². The molecule has 9 rings (SSSR count). The van der Waals surface area contributed by atoms with E-state index in [1.165, 1.54) is 85.8 Å². The number of carbonyl (C=O) groups excluding carboxylic acids is 13. The molecule has 0 N–H and O–H groups in total. The van der Waals surface area contributed by atoms with Gasteiger partial charge in [0, 0.05) is 137 Å². The molecule has 0 aromatic heterocycles. The molecule has 0 saturated carbocycles. The SMILES string of the molecule is CC(=O)Oc1ccc(C2Oc3c(c(OC(C)=O)cc(OC(C)=O)c3C3c4c(OC(C)=O)cc(OC(C)=O)c(C5c6c(OC(C)=O)cc(OC(C)=O)cc6OC(c6ccc(OC(C)=O)cc6)C5OC(C)=O)c4OC(c4ccc(OC(C)=O)cc4)C3OC(C)=O)C(OC(C)=O)C2OC(C)=O)cc1. The van der Waals surface area contributed by atoms with E-state index in [9.17, 15) is 62.3 Å². The fraction of sp³-hybridized carbons (Fsp3) is 0.310. The Morgan fingerprint density at radius 3 is 0.860 bits per heavy atom. The lowest BCUT2D eigenvalue weighted by Gasteiger charge is -2.45. The van der Waals surface area contributed by atoms with Crippen LogP contribution in [0.3, 0.4) is 0 Å². The minimum atomic E-state index is -2.01. The van der Waals surface area contributed by atoms with E-state index in [-0.39, 0.29) is 51.0 Å². The maximum Gasteiger partial charge on any atom is 0.308 e. The maximum absolute atomic E-state index is 14.3. The molecule has 3 heterocycles. The summed E-state index contributed by atoms with van der Waals surface area (Å²) in [5.41, 5.74) is -1.64. The van der Waals surface area contributed by atoms with Crippen LogP contribution in [-0.4, -0.2) is 95.9 Å². The van der Waals surface area contributed by atoms with Gasteiger partial charge in [0.25, 0.3) is 0 Å². The molecule has 0 amide bonds. The molecule has 0 aliphatic carbocycles. The summed E-state index contributed by atoms with van der Waals surface area (Å²) in [6.45, 7) is 13.6. The standard InChI is InChI=1S/C71H64O29/c1-30(72)85-46-20-14-43(15-21-46)63-69(95-40(11)82)61(56-50(89-34(5)76)26-49(88-33(4)75)27-51(56)98-63)57-52(90-35(6)77)28-53(91-36(7)78)58-62(70(96-41(12)83)64(99-66(57)58)44-16-22-47(23-17-44)86-31(2)73)59-54(92-37(8)79)29-55(93-38(9)80)60-67(59)100-65(45-18-24-48(25-19-45)87-32(3)74)71(97-42(13)84)68(60)94-39(10)81/h14-29,61-65,68-71H,1-13H3. The lowest BCUT2D eigenvalue weighted by Crippen LogP contribution is -2.43. The minimum absolute atomic E-state index is 0.0180. The molecule has 3 aliphatic heterocycles. The van der Waals surface area contributed by atoms with Crippen LogP contribution in [-0.2, 0) is 81.3 Å². The quantitative estimate of drug-likeness (QED) is 0.0439. The molecule has 0 bridgehead atoms. The molecule has 9 atom stereocenters. The number of hydrogen-bond donors (Lipinski definition) is 0. The summed E-state index contributed by atoms with van der Waals surface area (Å²) in [5.74, 6) is -20.6. The molecule has 522 valence electrons. The van der Waals surface area contributed by atoms with E-state index in [2.05, 4.69) is 0 Å². The van der Waals surface area contributed by atoms with Crippen LogP contribution in [0.4, 0.5) is 0 Å². The second-order valence-corrected chi connectivity index (χ2v) is 22.8. The van der Waals surface area contributed by atoms with Crippen molar-refractivity contribution in [3.63, 3.8) is 0 Å². The Balaban J connectivity index is 1.55. The Kier molecular flexibility index (Phi) is 21.7. The fourth-order valence-corrected chi connectivity index (χ4v) is 12.0. The van der Waals surface area contributed by atoms with Gasteiger partial charge in [0.15, 0.2) is 42.7 Å². The van der Waals surface area contributed by atoms with Gasteiger partial charge in [-0.3, -0.25) is 62.3 Å². The maximum atomic E-state index is 14.3. The van der Waals surface area contributed by atoms with E-state index in [4.69, 9.17) is 75.8 Å². The highest BCUT2D eigenvalue weighted by Gasteiger charge is 2.56. The van der Waals surface area contributed by atoms with Crippen molar-refractivity contribution >= 4 is 77.6 Å². The number of hydrogen-bond acceptors (Lipinski definition) is 29. The number of ether oxygens (including phenoxy) is 16. The molecule has 3 aliphatic rings. The van der Waals surface area contributed by atoms with Crippen molar-refractivity contribution in [2.45, 2.75) is 145 Å². The van der Waals surface area contributed by atoms with Crippen molar-refractivity contribution in [2.24, 2.45) is 0 Å². The van der Waals surface area contributed by atoms with Crippen molar-refractivity contribution in [1.29, 1.82) is 0 Å². The van der Waals surface area contributed by atoms with E-state index < -0.39 is 195 Å². The highest BCUT2D eigenvalue weighted by atomic mass is 16.6. The molecule has 6 aromatic carbocycles. The Labute approximate surface area is 568 Å². The van der Waals surface area contributed by atoms with Gasteiger partial charge in [0.2, 0.25) is 0 Å². The normalized spacial score (nSPS) is 19.1. The van der Waals surface area contributed by atoms with Gasteiger partial charge < -0.3 is 75.8 Å². The highest BCUT2D eigenvalue weighted by molar-refractivity contribution is 5.82. The zero-order valence-electron chi connectivity index (χ0n) is 55.8. The van der Waals surface area contributed by atoms with Crippen molar-refractivity contribution in [3.05, 3.63) is 142 Å². The first-order chi connectivity index (χ1) is 47.2. The molecule has 0 fully saturated rings. The van der Waals surface area contributed by atoms with Crippen LogP contribution < -0.4 is 56.8 Å². The molecule has 0 saturated heterocycles. The molecular weight excluding hydrogens is 1320 g/mol. The zero-order valence-corrected chi connectivity index (χ0v) is 55.8. The van der Waals surface area contributed by atoms with Crippen LogP contribution >= 0.6 is 0 Å². The minimum Gasteiger partial charge on any atom is -0.481 e. The van der Waals surface area contributed by atoms with Gasteiger partial charge in [-0.25, -0.2) is 0 Å². The van der Waals surface area contributed by atoms with Crippen molar-refractivity contribution in [2.75, 3.05) is 0 Å². The number of rotatable bonds is 18. The Morgan fingerprint density at radius 2 is 0.530 bits per heavy atom. The van der Waals surface area contributed by atoms with E-state index in [1.807, 2.05) is 0 Å². The third-order valence-electron chi connectivity index (χ3n) is 14.9. The summed E-state index contributed by atoms with van der Waals surface area (Å²) < 4.78 is 98.2. The number of benzene rings is 6. The van der Waals surface area contributed by atoms with E-state index in [1.54, 1.807) is 0 Å². The molecule has 0 spiro atoms. The summed E-state index contributed by atoms with van der Waals surface area (Å²) >= 11 is 0. The van der Waals surface area contributed by atoms with Crippen LogP contribution in [0.25, 0.3) is 0 Å². The molecule has 29 heteroatoms. The highest BCUT2D eigenvalue weighted by Crippen LogP contribution is 2.65. The summed E-state index contributed by atoms with van der Waals surface area (Å²) in [6.07, 6.45) is -12.5. The Morgan fingerprint density at radius 1 is 0.260 bits per heavy atom. The molecule has 100 heavy (non-hydrogen) atoms. The second-order valence-electron chi connectivity index (χ2n) is 22.8. The van der Waals surface area contributed by atoms with Gasteiger partial charge in [0.1, 0.15) is 69.0 Å². The first-order valence-corrected chi connectivity index (χ1v) is 30.5. The van der Waals surface area contributed by atoms with Gasteiger partial charge in [0.05, 0.1) is 17.4 Å². The molecular formula is C71H64O29. The van der Waals surface area contributed by atoms with Crippen LogP contribution in [0.2, 0.25) is 0 Å². The third kappa shape index (κ3) is 16.4. The lowest BCUT2D eigenvalue weighted by atomic mass is 9.73. The lowest BCUT2D eigenvalue weighted by molar-refractivity contribution is -0.178. The van der Waals surface area contributed by atoms with E-state index >= 15 is 0 Å². The molecule has 29 nitrogen and oxygen atoms in total. The van der Waals surface area contributed by atoms with Crippen molar-refractivity contribution in [3.8, 4) is 69.0 Å². The summed E-state index contributed by atoms with van der Waals surface area (Å²) in [7, 11) is 0. The number of fused-ring (bicyclic) bond motifs is 3. The van der Waals surface area contributed by atoms with Crippen LogP contribution in [0, 0.1) is 0 Å². The smallest absolute Gasteiger partial charge is 0.308 e. The van der Waals surface area contributed by atoms with Crippen molar-refractivity contribution in [1.82, 2.24) is 0 Å². The zero-order chi connectivity index (χ0) is 72.9. The summed E-state index contributed by atoms with van der Waals surface area (Å²) in [4.78, 5) is 174. The average Bonchev–Trinajstić information content (AvgIpc) is 0.704. The van der Waals surface area contributed by atoms with E-state index in [0.29, 0.717) is 0 Å². The predicted octanol–water partition coefficient (Wildman–Crippen LogP) is 9.08. The second kappa shape index (κ2) is 30.1. The predicted molar refractivity (Wildman–Crippen MR) is 335 cm³/mol.